The van der Waals surface area contributed by atoms with Gasteiger partial charge in [-0.2, -0.15) is 0 Å². The average Bonchev–Trinajstić information content (AvgIpc) is 0.909. The molecule has 0 saturated heterocycles. The molecule has 0 aliphatic rings. The van der Waals surface area contributed by atoms with E-state index in [1.165, 1.54) is 334 Å². The number of hydrogen-bond acceptors (Lipinski definition) is 15. The summed E-state index contributed by atoms with van der Waals surface area (Å²) in [5, 5.41) is 10.7. The number of esters is 4. The van der Waals surface area contributed by atoms with Crippen molar-refractivity contribution in [2.24, 2.45) is 0 Å². The molecule has 0 saturated carbocycles. The lowest BCUT2D eigenvalue weighted by atomic mass is 10.0. The molecule has 0 aromatic carbocycles. The van der Waals surface area contributed by atoms with Gasteiger partial charge in [0.25, 0.3) is 0 Å². The third-order valence-electron chi connectivity index (χ3n) is 21.6. The summed E-state index contributed by atoms with van der Waals surface area (Å²) in [6, 6.07) is 0. The van der Waals surface area contributed by atoms with E-state index < -0.39 is 97.5 Å². The SMILES string of the molecule is CCCCCCCCCCCCCCCCCCCCCCCCC(=O)O[C@H](COC(=O)CCCCCCCCCCCCCCCCCCCCCC)COP(=O)(O)OC[C@@H](O)COP(=O)(O)OC[C@@H](COC(=O)CCCCCCCCCCCCCCC)OC(=O)CCCCCCCCCCCCCCCCC. The maximum absolute atomic E-state index is 13.2. The van der Waals surface area contributed by atoms with Gasteiger partial charge >= 0.3 is 39.5 Å². The zero-order valence-electron chi connectivity index (χ0n) is 72.3. The van der Waals surface area contributed by atoms with E-state index in [9.17, 15) is 43.2 Å². The smallest absolute Gasteiger partial charge is 0.462 e. The lowest BCUT2D eigenvalue weighted by Crippen LogP contribution is -2.30. The van der Waals surface area contributed by atoms with Crippen molar-refractivity contribution >= 4 is 39.5 Å². The second-order valence-corrected chi connectivity index (χ2v) is 35.6. The molecule has 0 aliphatic carbocycles. The molecule has 17 nitrogen and oxygen atoms in total. The maximum atomic E-state index is 13.2. The molecule has 110 heavy (non-hydrogen) atoms. The number of carbonyl (C=O) groups is 4. The fourth-order valence-corrected chi connectivity index (χ4v) is 16.0. The van der Waals surface area contributed by atoms with Crippen LogP contribution in [-0.2, 0) is 65.4 Å². The summed E-state index contributed by atoms with van der Waals surface area (Å²) in [7, 11) is -9.93. The molecule has 2 unspecified atom stereocenters. The predicted molar refractivity (Wildman–Crippen MR) is 455 cm³/mol. The summed E-state index contributed by atoms with van der Waals surface area (Å²) in [6.07, 6.45) is 82.0. The zero-order valence-corrected chi connectivity index (χ0v) is 74.0. The van der Waals surface area contributed by atoms with Crippen LogP contribution in [0.15, 0.2) is 0 Å². The highest BCUT2D eigenvalue weighted by atomic mass is 31.2. The van der Waals surface area contributed by atoms with Crippen molar-refractivity contribution in [1.82, 2.24) is 0 Å². The van der Waals surface area contributed by atoms with Gasteiger partial charge < -0.3 is 33.8 Å². The third-order valence-corrected chi connectivity index (χ3v) is 23.5. The van der Waals surface area contributed by atoms with E-state index >= 15 is 0 Å². The number of phosphoric ester groups is 2. The normalized spacial score (nSPS) is 13.6. The first-order valence-electron chi connectivity index (χ1n) is 47.3. The Bertz CT molecular complexity index is 2070. The Balaban J connectivity index is 5.24. The van der Waals surface area contributed by atoms with Crippen molar-refractivity contribution in [3.63, 3.8) is 0 Å². The summed E-state index contributed by atoms with van der Waals surface area (Å²) in [4.78, 5) is 73.4. The number of unbranched alkanes of at least 4 members (excludes halogenated alkanes) is 66. The van der Waals surface area contributed by atoms with E-state index in [-0.39, 0.29) is 25.7 Å². The summed E-state index contributed by atoms with van der Waals surface area (Å²) in [5.41, 5.74) is 0. The fourth-order valence-electron chi connectivity index (χ4n) is 14.4. The summed E-state index contributed by atoms with van der Waals surface area (Å²) >= 11 is 0. The minimum Gasteiger partial charge on any atom is -0.462 e. The van der Waals surface area contributed by atoms with Gasteiger partial charge in [-0.25, -0.2) is 9.13 Å². The van der Waals surface area contributed by atoms with Gasteiger partial charge in [0, 0.05) is 25.7 Å². The molecule has 0 spiro atoms. The molecule has 654 valence electrons. The van der Waals surface area contributed by atoms with E-state index in [0.29, 0.717) is 25.7 Å². The Morgan fingerprint density at radius 1 is 0.218 bits per heavy atom. The van der Waals surface area contributed by atoms with E-state index in [1.54, 1.807) is 0 Å². The fraction of sp³-hybridized carbons (Fsp3) is 0.956. The van der Waals surface area contributed by atoms with Gasteiger partial charge in [0.05, 0.1) is 26.4 Å². The van der Waals surface area contributed by atoms with Crippen LogP contribution in [0, 0.1) is 0 Å². The van der Waals surface area contributed by atoms with Crippen LogP contribution >= 0.6 is 15.6 Å². The molecular weight excluding hydrogens is 1430 g/mol. The lowest BCUT2D eigenvalue weighted by Gasteiger charge is -2.21. The molecule has 0 aromatic rings. The van der Waals surface area contributed by atoms with E-state index in [2.05, 4.69) is 27.7 Å². The molecule has 3 N–H and O–H groups in total. The van der Waals surface area contributed by atoms with Crippen LogP contribution in [0.1, 0.15) is 503 Å². The predicted octanol–water partition coefficient (Wildman–Crippen LogP) is 28.5. The number of ether oxygens (including phenoxy) is 4. The topological polar surface area (TPSA) is 237 Å². The summed E-state index contributed by atoms with van der Waals surface area (Å²) in [6.45, 7) is 5.09. The van der Waals surface area contributed by atoms with Crippen LogP contribution in [0.2, 0.25) is 0 Å². The number of aliphatic hydroxyl groups excluding tert-OH is 1. The van der Waals surface area contributed by atoms with Gasteiger partial charge in [0.2, 0.25) is 0 Å². The van der Waals surface area contributed by atoms with Crippen LogP contribution in [-0.4, -0.2) is 96.7 Å². The van der Waals surface area contributed by atoms with Gasteiger partial charge in [-0.05, 0) is 25.7 Å². The van der Waals surface area contributed by atoms with Gasteiger partial charge in [-0.15, -0.1) is 0 Å². The molecule has 0 heterocycles. The van der Waals surface area contributed by atoms with E-state index in [1.807, 2.05) is 0 Å². The Morgan fingerprint density at radius 2 is 0.364 bits per heavy atom. The molecule has 0 aromatic heterocycles. The Kier molecular flexibility index (Phi) is 83.5. The largest absolute Gasteiger partial charge is 0.472 e. The first-order chi connectivity index (χ1) is 53.7. The second-order valence-electron chi connectivity index (χ2n) is 32.7. The maximum Gasteiger partial charge on any atom is 0.472 e. The van der Waals surface area contributed by atoms with Crippen LogP contribution in [0.25, 0.3) is 0 Å². The molecule has 0 rings (SSSR count). The molecule has 0 fully saturated rings. The second kappa shape index (κ2) is 85.0. The van der Waals surface area contributed by atoms with Crippen molar-refractivity contribution in [1.29, 1.82) is 0 Å². The highest BCUT2D eigenvalue weighted by Gasteiger charge is 2.31. The number of phosphoric acid groups is 2. The lowest BCUT2D eigenvalue weighted by molar-refractivity contribution is -0.161. The average molecular weight is 1610 g/mol. The Labute approximate surface area is 677 Å². The molecular formula is C91H178O17P2. The monoisotopic (exact) mass is 1610 g/mol. The minimum absolute atomic E-state index is 0.109. The van der Waals surface area contributed by atoms with Crippen LogP contribution < -0.4 is 0 Å². The van der Waals surface area contributed by atoms with Crippen molar-refractivity contribution in [2.45, 2.75) is 521 Å². The van der Waals surface area contributed by atoms with Gasteiger partial charge in [0.1, 0.15) is 19.3 Å². The first kappa shape index (κ1) is 108. The highest BCUT2D eigenvalue weighted by Crippen LogP contribution is 2.45. The van der Waals surface area contributed by atoms with E-state index in [4.69, 9.17) is 37.0 Å². The first-order valence-corrected chi connectivity index (χ1v) is 50.3. The van der Waals surface area contributed by atoms with Crippen molar-refractivity contribution < 1.29 is 80.2 Å². The number of hydrogen-bond donors (Lipinski definition) is 3. The number of carbonyl (C=O) groups excluding carboxylic acids is 4. The highest BCUT2D eigenvalue weighted by molar-refractivity contribution is 7.47. The standard InChI is InChI=1S/C91H178O17P2/c1-5-9-13-17-21-25-29-33-36-38-40-42-43-45-47-50-54-58-62-66-70-74-78-91(96)108-87(82-102-89(94)76-72-68-64-60-56-52-49-46-44-41-39-37-34-30-26-22-18-14-10-6-2)84-106-110(99,100)104-80-85(92)79-103-109(97,98)105-83-86(81-101-88(93)75-71-67-63-59-55-51-32-28-24-20-16-12-8-4)107-90(95)77-73-69-65-61-57-53-48-35-31-27-23-19-15-11-7-3/h85-87,92H,5-84H2,1-4H3,(H,97,98)(H,99,100)/t85-,86+,87+/m0/s1. The molecule has 19 heteroatoms. The Hall–Kier alpha value is -1.94. The quantitative estimate of drug-likeness (QED) is 0.0222. The van der Waals surface area contributed by atoms with Crippen LogP contribution in [0.3, 0.4) is 0 Å². The third kappa shape index (κ3) is 84.0. The molecule has 0 bridgehead atoms. The van der Waals surface area contributed by atoms with Crippen molar-refractivity contribution in [3.05, 3.63) is 0 Å². The zero-order chi connectivity index (χ0) is 80.3. The number of rotatable bonds is 92. The van der Waals surface area contributed by atoms with Gasteiger partial charge in [0.15, 0.2) is 12.2 Å². The summed E-state index contributed by atoms with van der Waals surface area (Å²) in [5.74, 6) is -2.09. The molecule has 0 aliphatic heterocycles. The molecule has 0 radical (unpaired) electrons. The summed E-state index contributed by atoms with van der Waals surface area (Å²) < 4.78 is 69.1. The number of aliphatic hydroxyl groups is 1. The molecule has 0 amide bonds. The molecule has 5 atom stereocenters. The van der Waals surface area contributed by atoms with E-state index in [0.717, 1.165) is 89.9 Å². The van der Waals surface area contributed by atoms with Gasteiger partial charge in [-0.3, -0.25) is 37.3 Å². The van der Waals surface area contributed by atoms with Gasteiger partial charge in [-0.1, -0.05) is 451 Å². The van der Waals surface area contributed by atoms with Crippen LogP contribution in [0.5, 0.6) is 0 Å². The van der Waals surface area contributed by atoms with Crippen molar-refractivity contribution in [2.75, 3.05) is 39.6 Å². The Morgan fingerprint density at radius 3 is 0.536 bits per heavy atom. The minimum atomic E-state index is -4.97. The van der Waals surface area contributed by atoms with Crippen LogP contribution in [0.4, 0.5) is 0 Å². The van der Waals surface area contributed by atoms with Crippen molar-refractivity contribution in [3.8, 4) is 0 Å².